The molecule has 0 aliphatic carbocycles. The van der Waals surface area contributed by atoms with Gasteiger partial charge in [-0.25, -0.2) is 0 Å². The van der Waals surface area contributed by atoms with Crippen LogP contribution in [-0.2, 0) is 9.59 Å². The minimum Gasteiger partial charge on any atom is -0.507 e. The van der Waals surface area contributed by atoms with E-state index in [1.165, 1.54) is 26.2 Å². The third-order valence-corrected chi connectivity index (χ3v) is 5.47. The standard InChI is InChI=1S/C25H22N2O6/c1-31-16-8-9-17(20(14-16)33-3)23(28)21-22(15-10-12-26-13-11-15)27(25(30)24(21)29)18-6-4-5-7-19(18)32-2/h4-14,22,28H,1-3H3/b23-21-. The molecule has 0 spiro atoms. The fourth-order valence-electron chi connectivity index (χ4n) is 3.91. The molecule has 1 fully saturated rings. The molecule has 1 aromatic heterocycles. The quantitative estimate of drug-likeness (QED) is 0.350. The van der Waals surface area contributed by atoms with Crippen LogP contribution in [0.5, 0.6) is 17.2 Å². The highest BCUT2D eigenvalue weighted by molar-refractivity contribution is 6.52. The highest BCUT2D eigenvalue weighted by atomic mass is 16.5. The number of nitrogens with zero attached hydrogens (tertiary/aromatic N) is 2. The number of rotatable bonds is 6. The molecule has 4 rings (SSSR count). The maximum atomic E-state index is 13.3. The van der Waals surface area contributed by atoms with Gasteiger partial charge in [-0.2, -0.15) is 0 Å². The van der Waals surface area contributed by atoms with Gasteiger partial charge in [0.05, 0.1) is 44.2 Å². The summed E-state index contributed by atoms with van der Waals surface area (Å²) < 4.78 is 16.1. The van der Waals surface area contributed by atoms with Gasteiger partial charge in [-0.1, -0.05) is 12.1 Å². The van der Waals surface area contributed by atoms with E-state index in [0.29, 0.717) is 28.5 Å². The van der Waals surface area contributed by atoms with Crippen molar-refractivity contribution in [1.29, 1.82) is 0 Å². The van der Waals surface area contributed by atoms with Gasteiger partial charge in [0.25, 0.3) is 11.7 Å². The molecular formula is C25H22N2O6. The lowest BCUT2D eigenvalue weighted by molar-refractivity contribution is -0.132. The second-order valence-electron chi connectivity index (χ2n) is 7.19. The summed E-state index contributed by atoms with van der Waals surface area (Å²) in [7, 11) is 4.44. The molecule has 0 bridgehead atoms. The Bertz CT molecular complexity index is 1240. The first-order chi connectivity index (χ1) is 16.0. The topological polar surface area (TPSA) is 98.2 Å². The lowest BCUT2D eigenvalue weighted by Gasteiger charge is -2.26. The number of aliphatic hydroxyl groups is 1. The molecule has 2 aromatic carbocycles. The number of amides is 1. The molecule has 0 saturated carbocycles. The maximum Gasteiger partial charge on any atom is 0.300 e. The van der Waals surface area contributed by atoms with Crippen LogP contribution in [-0.4, -0.2) is 43.1 Å². The van der Waals surface area contributed by atoms with Crippen LogP contribution in [0.15, 0.2) is 72.6 Å². The molecule has 0 radical (unpaired) electrons. The summed E-state index contributed by atoms with van der Waals surface area (Å²) in [5.74, 6) is -0.728. The first kappa shape index (κ1) is 21.9. The van der Waals surface area contributed by atoms with Crippen molar-refractivity contribution in [3.63, 3.8) is 0 Å². The number of anilines is 1. The lowest BCUT2D eigenvalue weighted by Crippen LogP contribution is -2.29. The van der Waals surface area contributed by atoms with Crippen LogP contribution in [0.4, 0.5) is 5.69 Å². The van der Waals surface area contributed by atoms with Crippen molar-refractivity contribution < 1.29 is 28.9 Å². The third-order valence-electron chi connectivity index (χ3n) is 5.47. The van der Waals surface area contributed by atoms with Crippen LogP contribution < -0.4 is 19.1 Å². The summed E-state index contributed by atoms with van der Waals surface area (Å²) in [5.41, 5.74) is 1.20. The number of hydrogen-bond acceptors (Lipinski definition) is 7. The summed E-state index contributed by atoms with van der Waals surface area (Å²) in [4.78, 5) is 31.9. The Morgan fingerprint density at radius 1 is 0.909 bits per heavy atom. The van der Waals surface area contributed by atoms with Gasteiger partial charge in [-0.05, 0) is 42.0 Å². The van der Waals surface area contributed by atoms with Gasteiger partial charge in [-0.3, -0.25) is 19.5 Å². The number of carbonyl (C=O) groups is 2. The van der Waals surface area contributed by atoms with Crippen molar-refractivity contribution in [2.45, 2.75) is 6.04 Å². The fourth-order valence-corrected chi connectivity index (χ4v) is 3.91. The average Bonchev–Trinajstić information content (AvgIpc) is 3.13. The molecule has 168 valence electrons. The van der Waals surface area contributed by atoms with Gasteiger partial charge in [-0.15, -0.1) is 0 Å². The van der Waals surface area contributed by atoms with Gasteiger partial charge < -0.3 is 19.3 Å². The largest absolute Gasteiger partial charge is 0.507 e. The highest BCUT2D eigenvalue weighted by Crippen LogP contribution is 2.45. The Labute approximate surface area is 190 Å². The molecule has 1 unspecified atom stereocenters. The molecule has 33 heavy (non-hydrogen) atoms. The molecule has 1 N–H and O–H groups in total. The summed E-state index contributed by atoms with van der Waals surface area (Å²) in [6.07, 6.45) is 3.12. The molecule has 3 aromatic rings. The van der Waals surface area contributed by atoms with Crippen LogP contribution in [0.2, 0.25) is 0 Å². The normalized spacial score (nSPS) is 17.2. The number of ketones is 1. The van der Waals surface area contributed by atoms with Gasteiger partial charge in [0.1, 0.15) is 23.0 Å². The number of pyridine rings is 1. The smallest absolute Gasteiger partial charge is 0.300 e. The summed E-state index contributed by atoms with van der Waals surface area (Å²) in [6.45, 7) is 0. The van der Waals surface area contributed by atoms with Crippen molar-refractivity contribution >= 4 is 23.1 Å². The molecule has 8 nitrogen and oxygen atoms in total. The average molecular weight is 446 g/mol. The number of methoxy groups -OCH3 is 3. The van der Waals surface area contributed by atoms with Crippen LogP contribution in [0.1, 0.15) is 17.2 Å². The number of aromatic nitrogens is 1. The van der Waals surface area contributed by atoms with Crippen LogP contribution >= 0.6 is 0 Å². The Morgan fingerprint density at radius 3 is 2.27 bits per heavy atom. The zero-order chi connectivity index (χ0) is 23.5. The Balaban J connectivity index is 1.98. The Kier molecular flexibility index (Phi) is 5.99. The number of carbonyl (C=O) groups excluding carboxylic acids is 2. The Hall–Kier alpha value is -4.33. The van der Waals surface area contributed by atoms with E-state index in [0.717, 1.165) is 0 Å². The van der Waals surface area contributed by atoms with Crippen LogP contribution in [0, 0.1) is 0 Å². The van der Waals surface area contributed by atoms with Crippen molar-refractivity contribution in [3.05, 3.63) is 83.7 Å². The summed E-state index contributed by atoms with van der Waals surface area (Å²) in [5, 5.41) is 11.3. The van der Waals surface area contributed by atoms with E-state index < -0.39 is 17.7 Å². The van der Waals surface area contributed by atoms with Gasteiger partial charge in [0.15, 0.2) is 0 Å². The van der Waals surface area contributed by atoms with E-state index in [1.807, 2.05) is 0 Å². The maximum absolute atomic E-state index is 13.3. The molecule has 8 heteroatoms. The van der Waals surface area contributed by atoms with Crippen LogP contribution in [0.3, 0.4) is 0 Å². The number of hydrogen-bond donors (Lipinski definition) is 1. The lowest BCUT2D eigenvalue weighted by atomic mass is 9.95. The van der Waals surface area contributed by atoms with E-state index >= 15 is 0 Å². The molecule has 1 aliphatic heterocycles. The van der Waals surface area contributed by atoms with Gasteiger partial charge in [0.2, 0.25) is 0 Å². The van der Waals surface area contributed by atoms with Crippen molar-refractivity contribution in [2.75, 3.05) is 26.2 Å². The van der Waals surface area contributed by atoms with Gasteiger partial charge >= 0.3 is 0 Å². The SMILES string of the molecule is COc1ccc(/C(O)=C2/C(=O)C(=O)N(c3ccccc3OC)C2c2ccncc2)c(OC)c1. The highest BCUT2D eigenvalue weighted by Gasteiger charge is 2.48. The minimum atomic E-state index is -0.906. The second kappa shape index (κ2) is 9.04. The summed E-state index contributed by atoms with van der Waals surface area (Å²) in [6, 6.07) is 14.2. The molecule has 1 amide bonds. The molecule has 2 heterocycles. The number of ether oxygens (including phenoxy) is 3. The first-order valence-electron chi connectivity index (χ1n) is 10.1. The van der Waals surface area contributed by atoms with Crippen molar-refractivity contribution in [2.24, 2.45) is 0 Å². The zero-order valence-corrected chi connectivity index (χ0v) is 18.3. The molecular weight excluding hydrogens is 424 g/mol. The first-order valence-corrected chi connectivity index (χ1v) is 10.1. The van der Waals surface area contributed by atoms with Crippen LogP contribution in [0.25, 0.3) is 5.76 Å². The van der Waals surface area contributed by atoms with E-state index in [9.17, 15) is 14.7 Å². The third kappa shape index (κ3) is 3.76. The predicted molar refractivity (Wildman–Crippen MR) is 122 cm³/mol. The van der Waals surface area contributed by atoms with Crippen molar-refractivity contribution in [3.8, 4) is 17.2 Å². The minimum absolute atomic E-state index is 0.0689. The second-order valence-corrected chi connectivity index (χ2v) is 7.19. The van der Waals surface area contributed by atoms with Gasteiger partial charge in [0, 0.05) is 18.5 Å². The number of benzene rings is 2. The van der Waals surface area contributed by atoms with Crippen molar-refractivity contribution in [1.82, 2.24) is 4.98 Å². The van der Waals surface area contributed by atoms with E-state index in [2.05, 4.69) is 4.98 Å². The number of Topliss-reactive ketones (excluding diaryl/α,β-unsaturated/α-hetero) is 1. The van der Waals surface area contributed by atoms with E-state index in [1.54, 1.807) is 67.0 Å². The number of para-hydroxylation sites is 2. The zero-order valence-electron chi connectivity index (χ0n) is 18.3. The molecule has 1 atom stereocenters. The Morgan fingerprint density at radius 2 is 1.61 bits per heavy atom. The van der Waals surface area contributed by atoms with E-state index in [4.69, 9.17) is 14.2 Å². The summed E-state index contributed by atoms with van der Waals surface area (Å²) >= 11 is 0. The number of aliphatic hydroxyl groups excluding tert-OH is 1. The van der Waals surface area contributed by atoms with E-state index in [-0.39, 0.29) is 16.9 Å². The monoisotopic (exact) mass is 446 g/mol. The molecule has 1 aliphatic rings. The predicted octanol–water partition coefficient (Wildman–Crippen LogP) is 3.73. The molecule has 1 saturated heterocycles. The fraction of sp³-hybridized carbons (Fsp3) is 0.160.